The number of nitriles is 1. The molecular formula is C21H18F2N4O. The van der Waals surface area contributed by atoms with Gasteiger partial charge in [-0.25, -0.2) is 8.78 Å². The van der Waals surface area contributed by atoms with Gasteiger partial charge in [0.05, 0.1) is 28.1 Å². The van der Waals surface area contributed by atoms with Gasteiger partial charge in [0.25, 0.3) is 0 Å². The van der Waals surface area contributed by atoms with Gasteiger partial charge >= 0.3 is 0 Å². The Hall–Kier alpha value is -3.40. The number of piperazine rings is 1. The van der Waals surface area contributed by atoms with Crippen LogP contribution in [0.3, 0.4) is 0 Å². The number of hydrogen-bond acceptors (Lipinski definition) is 5. The summed E-state index contributed by atoms with van der Waals surface area (Å²) in [6.45, 7) is 1.88. The van der Waals surface area contributed by atoms with Crippen LogP contribution in [-0.2, 0) is 0 Å². The number of anilines is 2. The highest BCUT2D eigenvalue weighted by Gasteiger charge is 2.24. The van der Waals surface area contributed by atoms with Crippen molar-refractivity contribution in [2.75, 3.05) is 43.0 Å². The molecule has 0 saturated carbocycles. The van der Waals surface area contributed by atoms with Crippen LogP contribution >= 0.6 is 0 Å². The van der Waals surface area contributed by atoms with Crippen LogP contribution in [0.2, 0.25) is 0 Å². The number of fused-ring (bicyclic) bond motifs is 1. The standard InChI is InChI=1S/C21H18F2N4O/c1-28-19-11-15(22)10-16-20(19)25-13-14(12-24)21(16)27-8-6-26(7-9-27)18-5-3-2-4-17(18)23/h2-5,10-11,13H,6-9H2,1H3/i1D3. The number of pyridine rings is 1. The lowest BCUT2D eigenvalue weighted by Gasteiger charge is -2.38. The highest BCUT2D eigenvalue weighted by molar-refractivity contribution is 5.97. The van der Waals surface area contributed by atoms with Crippen LogP contribution in [-0.4, -0.2) is 38.2 Å². The van der Waals surface area contributed by atoms with Gasteiger partial charge in [-0.3, -0.25) is 4.98 Å². The Morgan fingerprint density at radius 2 is 1.89 bits per heavy atom. The van der Waals surface area contributed by atoms with Crippen molar-refractivity contribution in [2.45, 2.75) is 0 Å². The molecule has 1 aromatic heterocycles. The van der Waals surface area contributed by atoms with Crippen molar-refractivity contribution >= 4 is 22.3 Å². The Morgan fingerprint density at radius 3 is 2.61 bits per heavy atom. The predicted molar refractivity (Wildman–Crippen MR) is 104 cm³/mol. The normalized spacial score (nSPS) is 16.2. The Morgan fingerprint density at radius 1 is 1.14 bits per heavy atom. The molecule has 1 aliphatic heterocycles. The zero-order valence-corrected chi connectivity index (χ0v) is 14.8. The van der Waals surface area contributed by atoms with E-state index in [4.69, 9.17) is 8.85 Å². The molecular weight excluding hydrogens is 362 g/mol. The summed E-state index contributed by atoms with van der Waals surface area (Å²) in [6.07, 6.45) is 1.32. The highest BCUT2D eigenvalue weighted by atomic mass is 19.1. The fraction of sp³-hybridized carbons (Fsp3) is 0.238. The molecule has 2 aromatic carbocycles. The van der Waals surface area contributed by atoms with Gasteiger partial charge in [0.15, 0.2) is 0 Å². The molecule has 3 aromatic rings. The topological polar surface area (TPSA) is 52.4 Å². The molecule has 0 aliphatic carbocycles. The summed E-state index contributed by atoms with van der Waals surface area (Å²) in [5.74, 6) is -1.22. The minimum atomic E-state index is -2.78. The number of hydrogen-bond donors (Lipinski definition) is 0. The molecule has 0 unspecified atom stereocenters. The largest absolute Gasteiger partial charge is 0.494 e. The summed E-state index contributed by atoms with van der Waals surface area (Å²) in [5.41, 5.74) is 1.34. The van der Waals surface area contributed by atoms with E-state index in [2.05, 4.69) is 11.1 Å². The van der Waals surface area contributed by atoms with Crippen LogP contribution < -0.4 is 14.5 Å². The zero-order valence-electron chi connectivity index (χ0n) is 17.8. The van der Waals surface area contributed by atoms with E-state index in [0.717, 1.165) is 6.07 Å². The molecule has 142 valence electrons. The van der Waals surface area contributed by atoms with E-state index >= 15 is 0 Å². The van der Waals surface area contributed by atoms with Gasteiger partial charge in [-0.15, -0.1) is 0 Å². The lowest BCUT2D eigenvalue weighted by Crippen LogP contribution is -2.47. The Balaban J connectivity index is 1.72. The van der Waals surface area contributed by atoms with Crippen molar-refractivity contribution in [1.82, 2.24) is 4.98 Å². The number of benzene rings is 2. The van der Waals surface area contributed by atoms with Crippen molar-refractivity contribution in [3.05, 3.63) is 59.8 Å². The molecule has 0 N–H and O–H groups in total. The van der Waals surface area contributed by atoms with Crippen molar-refractivity contribution < 1.29 is 17.6 Å². The van der Waals surface area contributed by atoms with Gasteiger partial charge in [0, 0.05) is 43.8 Å². The summed E-state index contributed by atoms with van der Waals surface area (Å²) in [7, 11) is -2.78. The molecule has 4 rings (SSSR count). The van der Waals surface area contributed by atoms with Gasteiger partial charge in [0.2, 0.25) is 0 Å². The third kappa shape index (κ3) is 3.07. The number of methoxy groups -OCH3 is 1. The molecule has 1 aliphatic rings. The minimum absolute atomic E-state index is 0.156. The average molecular weight is 383 g/mol. The summed E-state index contributed by atoms with van der Waals surface area (Å²) in [5, 5.41) is 9.90. The van der Waals surface area contributed by atoms with E-state index in [0.29, 0.717) is 37.6 Å². The molecule has 0 radical (unpaired) electrons. The SMILES string of the molecule is [2H]C([2H])([2H])Oc1cc(F)cc2c(N3CCN(c4ccccc4F)CC3)c(C#N)cnc12. The highest BCUT2D eigenvalue weighted by Crippen LogP contribution is 2.35. The first-order chi connectivity index (χ1) is 14.8. The van der Waals surface area contributed by atoms with Crippen molar-refractivity contribution in [1.29, 1.82) is 5.26 Å². The van der Waals surface area contributed by atoms with E-state index in [1.807, 2.05) is 9.80 Å². The number of nitrogens with zero attached hydrogens (tertiary/aromatic N) is 4. The Bertz CT molecular complexity index is 1170. The van der Waals surface area contributed by atoms with Gasteiger partial charge < -0.3 is 14.5 Å². The lowest BCUT2D eigenvalue weighted by molar-refractivity contribution is 0.415. The lowest BCUT2D eigenvalue weighted by atomic mass is 10.1. The second-order valence-electron chi connectivity index (χ2n) is 6.46. The number of para-hydroxylation sites is 1. The molecule has 0 bridgehead atoms. The molecule has 7 heteroatoms. The maximum atomic E-state index is 14.3. The van der Waals surface area contributed by atoms with E-state index in [1.54, 1.807) is 18.2 Å². The van der Waals surface area contributed by atoms with Crippen molar-refractivity contribution in [3.63, 3.8) is 0 Å². The second kappa shape index (κ2) is 7.31. The number of ether oxygens (including phenoxy) is 1. The third-order valence-electron chi connectivity index (χ3n) is 4.89. The quantitative estimate of drug-likeness (QED) is 0.690. The molecule has 28 heavy (non-hydrogen) atoms. The van der Waals surface area contributed by atoms with Crippen LogP contribution in [0.25, 0.3) is 10.9 Å². The van der Waals surface area contributed by atoms with Crippen LogP contribution in [0.4, 0.5) is 20.2 Å². The number of rotatable bonds is 3. The first kappa shape index (κ1) is 14.6. The maximum Gasteiger partial charge on any atom is 0.148 e. The second-order valence-corrected chi connectivity index (χ2v) is 6.46. The van der Waals surface area contributed by atoms with E-state index in [9.17, 15) is 14.0 Å². The van der Waals surface area contributed by atoms with Gasteiger partial charge in [-0.2, -0.15) is 5.26 Å². The smallest absolute Gasteiger partial charge is 0.148 e. The van der Waals surface area contributed by atoms with Gasteiger partial charge in [0.1, 0.15) is 29.0 Å². The van der Waals surface area contributed by atoms with Gasteiger partial charge in [-0.1, -0.05) is 12.1 Å². The Kier molecular flexibility index (Phi) is 3.82. The fourth-order valence-corrected chi connectivity index (χ4v) is 3.60. The predicted octanol–water partition coefficient (Wildman–Crippen LogP) is 3.72. The summed E-state index contributed by atoms with van der Waals surface area (Å²) in [6, 6.07) is 10.8. The van der Waals surface area contributed by atoms with Gasteiger partial charge in [-0.05, 0) is 18.2 Å². The molecule has 2 heterocycles. The van der Waals surface area contributed by atoms with Crippen molar-refractivity contribution in [2.24, 2.45) is 0 Å². The zero-order chi connectivity index (χ0) is 22.2. The number of aromatic nitrogens is 1. The molecule has 0 atom stereocenters. The molecule has 1 saturated heterocycles. The first-order valence-electron chi connectivity index (χ1n) is 10.2. The molecule has 0 spiro atoms. The van der Waals surface area contributed by atoms with E-state index in [1.165, 1.54) is 18.3 Å². The van der Waals surface area contributed by atoms with Crippen LogP contribution in [0.5, 0.6) is 5.75 Å². The fourth-order valence-electron chi connectivity index (χ4n) is 3.60. The van der Waals surface area contributed by atoms with Crippen LogP contribution in [0.15, 0.2) is 42.6 Å². The number of halogens is 2. The summed E-state index contributed by atoms with van der Waals surface area (Å²) in [4.78, 5) is 7.97. The monoisotopic (exact) mass is 383 g/mol. The first-order valence-corrected chi connectivity index (χ1v) is 8.72. The molecule has 5 nitrogen and oxygen atoms in total. The third-order valence-corrected chi connectivity index (χ3v) is 4.89. The summed E-state index contributed by atoms with van der Waals surface area (Å²) < 4.78 is 55.4. The van der Waals surface area contributed by atoms with Crippen molar-refractivity contribution in [3.8, 4) is 11.8 Å². The summed E-state index contributed by atoms with van der Waals surface area (Å²) >= 11 is 0. The van der Waals surface area contributed by atoms with E-state index in [-0.39, 0.29) is 28.0 Å². The molecule has 1 fully saturated rings. The maximum absolute atomic E-state index is 14.3. The van der Waals surface area contributed by atoms with Crippen LogP contribution in [0.1, 0.15) is 9.68 Å². The van der Waals surface area contributed by atoms with E-state index < -0.39 is 12.9 Å². The Labute approximate surface area is 165 Å². The van der Waals surface area contributed by atoms with Crippen LogP contribution in [0, 0.1) is 23.0 Å². The minimum Gasteiger partial charge on any atom is -0.494 e. The molecule has 0 amide bonds. The average Bonchev–Trinajstić information content (AvgIpc) is 2.72.